The van der Waals surface area contributed by atoms with E-state index in [1.54, 1.807) is 0 Å². The van der Waals surface area contributed by atoms with Crippen LogP contribution in [0.1, 0.15) is 29.6 Å². The fraction of sp³-hybridized carbons (Fsp3) is 0.714. The van der Waals surface area contributed by atoms with Crippen LogP contribution in [-0.4, -0.2) is 81.3 Å². The zero-order chi connectivity index (χ0) is 20.8. The highest BCUT2D eigenvalue weighted by Gasteiger charge is 2.37. The molecule has 2 fully saturated rings. The fourth-order valence-corrected chi connectivity index (χ4v) is 5.11. The van der Waals surface area contributed by atoms with Crippen LogP contribution in [-0.2, 0) is 14.3 Å². The highest BCUT2D eigenvalue weighted by Crippen LogP contribution is 2.29. The minimum atomic E-state index is -0.129. The van der Waals surface area contributed by atoms with Crippen LogP contribution in [0.25, 0.3) is 0 Å². The molecule has 1 aromatic heterocycles. The molecule has 0 bridgehead atoms. The first-order chi connectivity index (χ1) is 14.0. The third-order valence-electron chi connectivity index (χ3n) is 5.74. The van der Waals surface area contributed by atoms with Crippen molar-refractivity contribution in [3.05, 3.63) is 21.9 Å². The lowest BCUT2D eigenvalue weighted by Gasteiger charge is -2.33. The maximum atomic E-state index is 12.1. The number of methoxy groups -OCH3 is 1. The molecule has 0 aromatic carbocycles. The zero-order valence-corrected chi connectivity index (χ0v) is 18.8. The van der Waals surface area contributed by atoms with E-state index in [0.717, 1.165) is 45.4 Å². The van der Waals surface area contributed by atoms with Gasteiger partial charge in [-0.2, -0.15) is 0 Å². The van der Waals surface area contributed by atoms with Gasteiger partial charge in [-0.25, -0.2) is 0 Å². The summed E-state index contributed by atoms with van der Waals surface area (Å²) in [7, 11) is 1.47. The number of nitrogens with zero attached hydrogens (tertiary/aromatic N) is 3. The average molecular weight is 423 g/mol. The Morgan fingerprint density at radius 1 is 1.38 bits per heavy atom. The fourth-order valence-electron chi connectivity index (χ4n) is 4.10. The summed E-state index contributed by atoms with van der Waals surface area (Å²) in [5, 5.41) is 3.42. The Morgan fingerprint density at radius 3 is 2.76 bits per heavy atom. The number of esters is 1. The number of ether oxygens (including phenoxy) is 2. The Kier molecular flexibility index (Phi) is 7.91. The van der Waals surface area contributed by atoms with Gasteiger partial charge in [0.25, 0.3) is 0 Å². The van der Waals surface area contributed by atoms with Crippen LogP contribution in [0, 0.1) is 18.8 Å². The first kappa shape index (κ1) is 22.1. The molecule has 0 radical (unpaired) electrons. The molecule has 1 N–H and O–H groups in total. The average Bonchev–Trinajstić information content (AvgIpc) is 3.33. The number of aliphatic imine (C=N–C) groups is 1. The molecule has 0 amide bonds. The summed E-state index contributed by atoms with van der Waals surface area (Å²) in [4.78, 5) is 24.5. The summed E-state index contributed by atoms with van der Waals surface area (Å²) in [6.45, 7) is 12.7. The van der Waals surface area contributed by atoms with E-state index >= 15 is 0 Å². The van der Waals surface area contributed by atoms with E-state index in [4.69, 9.17) is 14.5 Å². The van der Waals surface area contributed by atoms with Gasteiger partial charge in [-0.3, -0.25) is 14.7 Å². The van der Waals surface area contributed by atoms with Crippen molar-refractivity contribution in [3.63, 3.8) is 0 Å². The van der Waals surface area contributed by atoms with Gasteiger partial charge >= 0.3 is 5.97 Å². The standard InChI is InChI=1S/C21H34N4O3S/c1-5-22-21(25-13-15(2)17(14-25)20(26)27-4)23-12-18(19-7-6-16(3)29-19)24-8-10-28-11-9-24/h6-7,15,17-18H,5,8-14H2,1-4H3,(H,22,23). The van der Waals surface area contributed by atoms with Crippen molar-refractivity contribution in [2.75, 3.05) is 59.6 Å². The number of carbonyl (C=O) groups excluding carboxylic acids is 1. The van der Waals surface area contributed by atoms with Crippen molar-refractivity contribution in [2.45, 2.75) is 26.8 Å². The lowest BCUT2D eigenvalue weighted by molar-refractivity contribution is -0.145. The molecule has 0 spiro atoms. The molecule has 2 aliphatic rings. The molecule has 7 nitrogen and oxygen atoms in total. The van der Waals surface area contributed by atoms with E-state index in [1.807, 2.05) is 11.3 Å². The SMILES string of the molecule is CCNC(=NCC(c1ccc(C)s1)N1CCOCC1)N1CC(C)C(C(=O)OC)C1. The van der Waals surface area contributed by atoms with Crippen LogP contribution < -0.4 is 5.32 Å². The molecule has 0 aliphatic carbocycles. The van der Waals surface area contributed by atoms with Crippen molar-refractivity contribution >= 4 is 23.3 Å². The minimum absolute atomic E-state index is 0.0983. The van der Waals surface area contributed by atoms with E-state index in [1.165, 1.54) is 16.9 Å². The highest BCUT2D eigenvalue weighted by atomic mass is 32.1. The van der Waals surface area contributed by atoms with Crippen molar-refractivity contribution in [1.29, 1.82) is 0 Å². The first-order valence-corrected chi connectivity index (χ1v) is 11.3. The van der Waals surface area contributed by atoms with Gasteiger partial charge in [-0.15, -0.1) is 11.3 Å². The Hall–Kier alpha value is -1.64. The molecule has 3 atom stereocenters. The predicted octanol–water partition coefficient (Wildman–Crippen LogP) is 2.14. The van der Waals surface area contributed by atoms with Crippen LogP contribution in [0.5, 0.6) is 0 Å². The van der Waals surface area contributed by atoms with Gasteiger partial charge < -0.3 is 19.7 Å². The summed E-state index contributed by atoms with van der Waals surface area (Å²) in [5.74, 6) is 0.911. The Labute approximate surface area is 178 Å². The lowest BCUT2D eigenvalue weighted by Crippen LogP contribution is -2.43. The molecule has 8 heteroatoms. The molecule has 0 saturated carbocycles. The second-order valence-electron chi connectivity index (χ2n) is 7.82. The molecular formula is C21H34N4O3S. The molecule has 162 valence electrons. The second kappa shape index (κ2) is 10.4. The van der Waals surface area contributed by atoms with Crippen LogP contribution >= 0.6 is 11.3 Å². The van der Waals surface area contributed by atoms with E-state index in [0.29, 0.717) is 13.1 Å². The molecule has 3 heterocycles. The Bertz CT molecular complexity index is 702. The smallest absolute Gasteiger partial charge is 0.310 e. The van der Waals surface area contributed by atoms with Gasteiger partial charge in [-0.1, -0.05) is 6.92 Å². The van der Waals surface area contributed by atoms with E-state index < -0.39 is 0 Å². The van der Waals surface area contributed by atoms with Gasteiger partial charge in [0.05, 0.1) is 38.8 Å². The molecule has 1 aromatic rings. The third-order valence-corrected chi connectivity index (χ3v) is 6.84. The van der Waals surface area contributed by atoms with Crippen LogP contribution in [0.4, 0.5) is 0 Å². The number of hydrogen-bond donors (Lipinski definition) is 1. The molecule has 2 saturated heterocycles. The largest absolute Gasteiger partial charge is 0.469 e. The Balaban J connectivity index is 1.76. The summed E-state index contributed by atoms with van der Waals surface area (Å²) in [6, 6.07) is 4.67. The Morgan fingerprint density at radius 2 is 2.14 bits per heavy atom. The second-order valence-corrected chi connectivity index (χ2v) is 9.14. The predicted molar refractivity (Wildman–Crippen MR) is 116 cm³/mol. The number of thiophene rings is 1. The van der Waals surface area contributed by atoms with E-state index in [-0.39, 0.29) is 23.8 Å². The number of carbonyl (C=O) groups is 1. The summed E-state index contributed by atoms with van der Waals surface area (Å²) < 4.78 is 10.5. The molecule has 3 unspecified atom stereocenters. The normalized spacial score (nSPS) is 24.6. The quantitative estimate of drug-likeness (QED) is 0.430. The molecule has 29 heavy (non-hydrogen) atoms. The lowest BCUT2D eigenvalue weighted by atomic mass is 9.99. The maximum Gasteiger partial charge on any atom is 0.310 e. The monoisotopic (exact) mass is 422 g/mol. The van der Waals surface area contributed by atoms with Crippen molar-refractivity contribution in [2.24, 2.45) is 16.8 Å². The first-order valence-electron chi connectivity index (χ1n) is 10.5. The van der Waals surface area contributed by atoms with Crippen molar-refractivity contribution < 1.29 is 14.3 Å². The topological polar surface area (TPSA) is 66.4 Å². The van der Waals surface area contributed by atoms with Gasteiger partial charge in [-0.05, 0) is 31.9 Å². The molecule has 2 aliphatic heterocycles. The molecule has 3 rings (SSSR count). The van der Waals surface area contributed by atoms with E-state index in [9.17, 15) is 4.79 Å². The summed E-state index contributed by atoms with van der Waals surface area (Å²) in [6.07, 6.45) is 0. The summed E-state index contributed by atoms with van der Waals surface area (Å²) >= 11 is 1.85. The number of hydrogen-bond acceptors (Lipinski definition) is 6. The number of nitrogens with one attached hydrogen (secondary N) is 1. The molecular weight excluding hydrogens is 388 g/mol. The number of guanidine groups is 1. The number of rotatable bonds is 6. The van der Waals surface area contributed by atoms with Gasteiger partial charge in [0.15, 0.2) is 5.96 Å². The van der Waals surface area contributed by atoms with Gasteiger partial charge in [0.2, 0.25) is 0 Å². The third kappa shape index (κ3) is 5.49. The maximum absolute atomic E-state index is 12.1. The van der Waals surface area contributed by atoms with E-state index in [2.05, 4.69) is 48.0 Å². The van der Waals surface area contributed by atoms with Crippen molar-refractivity contribution in [1.82, 2.24) is 15.1 Å². The van der Waals surface area contributed by atoms with Crippen LogP contribution in [0.2, 0.25) is 0 Å². The zero-order valence-electron chi connectivity index (χ0n) is 18.0. The van der Waals surface area contributed by atoms with Crippen LogP contribution in [0.3, 0.4) is 0 Å². The van der Waals surface area contributed by atoms with Gasteiger partial charge in [0.1, 0.15) is 0 Å². The highest BCUT2D eigenvalue weighted by molar-refractivity contribution is 7.12. The van der Waals surface area contributed by atoms with Crippen molar-refractivity contribution in [3.8, 4) is 0 Å². The van der Waals surface area contributed by atoms with Crippen LogP contribution in [0.15, 0.2) is 17.1 Å². The number of likely N-dealkylation sites (tertiary alicyclic amines) is 1. The number of aryl methyl sites for hydroxylation is 1. The number of morpholine rings is 1. The van der Waals surface area contributed by atoms with Gasteiger partial charge in [0, 0.05) is 42.5 Å². The summed E-state index contributed by atoms with van der Waals surface area (Å²) in [5.41, 5.74) is 0. The minimum Gasteiger partial charge on any atom is -0.469 e.